The minimum atomic E-state index is -1.00. The molecule has 0 atom stereocenters. The fraction of sp³-hybridized carbons (Fsp3) is 0.400. The van der Waals surface area contributed by atoms with Crippen molar-refractivity contribution in [1.29, 1.82) is 5.26 Å². The van der Waals surface area contributed by atoms with Crippen LogP contribution in [0.3, 0.4) is 0 Å². The summed E-state index contributed by atoms with van der Waals surface area (Å²) in [6.07, 6.45) is 9.65. The van der Waals surface area contributed by atoms with Crippen LogP contribution in [0.1, 0.15) is 43.9 Å². The molecule has 0 aliphatic carbocycles. The van der Waals surface area contributed by atoms with Crippen molar-refractivity contribution < 1.29 is 19.0 Å². The summed E-state index contributed by atoms with van der Waals surface area (Å²) in [6, 6.07) is 5.53. The Balaban J connectivity index is 1.52. The van der Waals surface area contributed by atoms with Gasteiger partial charge in [0.25, 0.3) is 0 Å². The molecule has 0 bridgehead atoms. The number of aliphatic imine (C=N–C) groups is 1. The first-order chi connectivity index (χ1) is 19.6. The van der Waals surface area contributed by atoms with E-state index in [4.69, 9.17) is 9.47 Å². The van der Waals surface area contributed by atoms with E-state index in [1.165, 1.54) is 19.4 Å². The maximum Gasteiger partial charge on any atom is 0.250 e. The van der Waals surface area contributed by atoms with Crippen LogP contribution in [-0.4, -0.2) is 81.7 Å². The molecule has 3 aromatic heterocycles. The number of pyridine rings is 2. The highest BCUT2D eigenvalue weighted by atomic mass is 19.1. The minimum Gasteiger partial charge on any atom is -0.489 e. The van der Waals surface area contributed by atoms with Crippen LogP contribution in [0.15, 0.2) is 53.7 Å². The summed E-state index contributed by atoms with van der Waals surface area (Å²) in [5.41, 5.74) is 2.59. The van der Waals surface area contributed by atoms with Gasteiger partial charge in [-0.25, -0.2) is 18.9 Å². The van der Waals surface area contributed by atoms with E-state index in [0.717, 1.165) is 55.1 Å². The third-order valence-electron chi connectivity index (χ3n) is 6.74. The summed E-state index contributed by atoms with van der Waals surface area (Å²) in [4.78, 5) is 12.8. The number of methoxy groups -OCH3 is 1. The van der Waals surface area contributed by atoms with Gasteiger partial charge in [0, 0.05) is 44.5 Å². The Labute approximate surface area is 239 Å². The van der Waals surface area contributed by atoms with Gasteiger partial charge in [0.2, 0.25) is 5.88 Å². The van der Waals surface area contributed by atoms with Crippen molar-refractivity contribution in [3.05, 3.63) is 71.2 Å². The molecule has 0 amide bonds. The highest BCUT2D eigenvalue weighted by molar-refractivity contribution is 5.82. The van der Waals surface area contributed by atoms with Crippen LogP contribution in [0, 0.1) is 17.1 Å². The minimum absolute atomic E-state index is 0.00264. The van der Waals surface area contributed by atoms with E-state index in [1.54, 1.807) is 30.8 Å². The van der Waals surface area contributed by atoms with Gasteiger partial charge < -0.3 is 19.5 Å². The van der Waals surface area contributed by atoms with Crippen LogP contribution in [0.2, 0.25) is 0 Å². The quantitative estimate of drug-likeness (QED) is 0.292. The topological polar surface area (TPSA) is 112 Å². The molecule has 1 saturated heterocycles. The van der Waals surface area contributed by atoms with E-state index < -0.39 is 11.4 Å². The largest absolute Gasteiger partial charge is 0.489 e. The predicted octanol–water partition coefficient (Wildman–Crippen LogP) is 4.05. The predicted molar refractivity (Wildman–Crippen MR) is 155 cm³/mol. The van der Waals surface area contributed by atoms with Crippen molar-refractivity contribution in [3.8, 4) is 17.7 Å². The fourth-order valence-electron chi connectivity index (χ4n) is 4.68. The third kappa shape index (κ3) is 7.48. The Morgan fingerprint density at radius 1 is 1.24 bits per heavy atom. The molecule has 0 aromatic carbocycles. The second kappa shape index (κ2) is 12.9. The van der Waals surface area contributed by atoms with Gasteiger partial charge >= 0.3 is 0 Å². The van der Waals surface area contributed by atoms with E-state index >= 15 is 0 Å². The van der Waals surface area contributed by atoms with E-state index in [1.807, 2.05) is 25.1 Å². The van der Waals surface area contributed by atoms with Crippen molar-refractivity contribution >= 4 is 17.8 Å². The molecule has 0 saturated carbocycles. The molecule has 0 spiro atoms. The monoisotopic (exact) mass is 561 g/mol. The van der Waals surface area contributed by atoms with Gasteiger partial charge in [-0.3, -0.25) is 4.90 Å². The number of hydrogen-bond acceptors (Lipinski definition) is 9. The molecule has 1 N–H and O–H groups in total. The maximum atomic E-state index is 14.1. The summed E-state index contributed by atoms with van der Waals surface area (Å²) >= 11 is 0. The first-order valence-corrected chi connectivity index (χ1v) is 13.4. The van der Waals surface area contributed by atoms with Gasteiger partial charge in [-0.2, -0.15) is 10.4 Å². The van der Waals surface area contributed by atoms with Crippen molar-refractivity contribution in [1.82, 2.24) is 24.4 Å². The Morgan fingerprint density at radius 3 is 2.73 bits per heavy atom. The highest BCUT2D eigenvalue weighted by Crippen LogP contribution is 2.28. The zero-order chi connectivity index (χ0) is 29.6. The Bertz CT molecular complexity index is 1500. The smallest absolute Gasteiger partial charge is 0.250 e. The standard InChI is InChI=1S/C30H36FN7O3/c1-21(25-14-24(41-20-30(2,3)39)19-38-28(25)23(15-32)17-35-38)7-8-27(33-4)37-10-6-9-36(11-12-37)18-22-13-26(31)29(40-5)34-16-22/h7-8,13-14,16-17,19,39H,4,6,9-12,18,20H2,1-3,5H3/b21-7+,27-8+. The van der Waals surface area contributed by atoms with Gasteiger partial charge in [0.1, 0.15) is 24.2 Å². The van der Waals surface area contributed by atoms with E-state index in [9.17, 15) is 14.8 Å². The normalized spacial score (nSPS) is 15.5. The average molecular weight is 562 g/mol. The number of nitriles is 1. The van der Waals surface area contributed by atoms with E-state index in [2.05, 4.69) is 37.7 Å². The molecule has 4 heterocycles. The number of aliphatic hydroxyl groups is 1. The van der Waals surface area contributed by atoms with E-state index in [0.29, 0.717) is 23.4 Å². The molecule has 1 fully saturated rings. The van der Waals surface area contributed by atoms with Crippen LogP contribution in [0.4, 0.5) is 4.39 Å². The van der Waals surface area contributed by atoms with Crippen molar-refractivity contribution in [2.45, 2.75) is 39.3 Å². The molecule has 1 aliphatic rings. The molecule has 216 valence electrons. The number of fused-ring (bicyclic) bond motifs is 1. The molecule has 3 aromatic rings. The SMILES string of the molecule is C=N/C(=C\C=C(/C)c1cc(OCC(C)(C)O)cn2ncc(C#N)c12)N1CCCN(Cc2cnc(OC)c(F)c2)CC1. The molecule has 11 heteroatoms. The first kappa shape index (κ1) is 29.7. The fourth-order valence-corrected chi connectivity index (χ4v) is 4.68. The van der Waals surface area contributed by atoms with Gasteiger partial charge in [-0.05, 0) is 63.3 Å². The molecular formula is C30H36FN7O3. The molecule has 0 radical (unpaired) electrons. The molecule has 4 rings (SSSR count). The summed E-state index contributed by atoms with van der Waals surface area (Å²) in [6.45, 7) is 12.9. The zero-order valence-electron chi connectivity index (χ0n) is 24.0. The van der Waals surface area contributed by atoms with Crippen LogP contribution in [-0.2, 0) is 6.54 Å². The van der Waals surface area contributed by atoms with E-state index in [-0.39, 0.29) is 12.5 Å². The van der Waals surface area contributed by atoms with Crippen LogP contribution >= 0.6 is 0 Å². The van der Waals surface area contributed by atoms with Gasteiger partial charge in [-0.1, -0.05) is 6.08 Å². The van der Waals surface area contributed by atoms with Crippen LogP contribution < -0.4 is 9.47 Å². The molecule has 1 aliphatic heterocycles. The lowest BCUT2D eigenvalue weighted by Crippen LogP contribution is -2.30. The number of ether oxygens (including phenoxy) is 2. The number of aromatic nitrogens is 3. The van der Waals surface area contributed by atoms with Crippen LogP contribution in [0.25, 0.3) is 11.1 Å². The van der Waals surface area contributed by atoms with Crippen molar-refractivity contribution in [2.75, 3.05) is 39.9 Å². The second-order valence-corrected chi connectivity index (χ2v) is 10.6. The first-order valence-electron chi connectivity index (χ1n) is 13.4. The number of nitrogens with zero attached hydrogens (tertiary/aromatic N) is 7. The number of halogens is 1. The molecular weight excluding hydrogens is 525 g/mol. The maximum absolute atomic E-state index is 14.1. The zero-order valence-corrected chi connectivity index (χ0v) is 24.0. The Hall–Kier alpha value is -4.27. The van der Waals surface area contributed by atoms with Crippen LogP contribution in [0.5, 0.6) is 11.6 Å². The Morgan fingerprint density at radius 2 is 2.05 bits per heavy atom. The number of allylic oxidation sites excluding steroid dienone is 3. The summed E-state index contributed by atoms with van der Waals surface area (Å²) in [7, 11) is 1.40. The average Bonchev–Trinajstić information content (AvgIpc) is 3.23. The molecule has 10 nitrogen and oxygen atoms in total. The Kier molecular flexibility index (Phi) is 9.37. The summed E-state index contributed by atoms with van der Waals surface area (Å²) in [5, 5.41) is 24.1. The lowest BCUT2D eigenvalue weighted by molar-refractivity contribution is 0.0283. The van der Waals surface area contributed by atoms with Gasteiger partial charge in [0.15, 0.2) is 5.82 Å². The third-order valence-corrected chi connectivity index (χ3v) is 6.74. The lowest BCUT2D eigenvalue weighted by atomic mass is 10.0. The van der Waals surface area contributed by atoms with Gasteiger partial charge in [-0.15, -0.1) is 0 Å². The highest BCUT2D eigenvalue weighted by Gasteiger charge is 2.19. The molecule has 0 unspecified atom stereocenters. The van der Waals surface area contributed by atoms with Crippen molar-refractivity contribution in [2.24, 2.45) is 4.99 Å². The number of hydrogen-bond donors (Lipinski definition) is 1. The van der Waals surface area contributed by atoms with Crippen molar-refractivity contribution in [3.63, 3.8) is 0 Å². The second-order valence-electron chi connectivity index (χ2n) is 10.6. The van der Waals surface area contributed by atoms with Gasteiger partial charge in [0.05, 0.1) is 36.2 Å². The number of rotatable bonds is 10. The summed E-state index contributed by atoms with van der Waals surface area (Å²) in [5.74, 6) is 0.801. The summed E-state index contributed by atoms with van der Waals surface area (Å²) < 4.78 is 26.5. The molecule has 41 heavy (non-hydrogen) atoms. The lowest BCUT2D eigenvalue weighted by Gasteiger charge is -2.23.